The van der Waals surface area contributed by atoms with Crippen LogP contribution >= 0.6 is 0 Å². The van der Waals surface area contributed by atoms with Crippen LogP contribution in [0.3, 0.4) is 0 Å². The minimum atomic E-state index is -0.0967. The molecule has 59 heavy (non-hydrogen) atoms. The summed E-state index contributed by atoms with van der Waals surface area (Å²) in [6.45, 7) is 4.66. The molecular weight excluding hydrogens is 715 g/mol. The highest BCUT2D eigenvalue weighted by molar-refractivity contribution is 5.86. The van der Waals surface area contributed by atoms with E-state index in [1.54, 1.807) is 0 Å². The molecule has 1 aromatic heterocycles. The van der Waals surface area contributed by atoms with E-state index in [0.717, 1.165) is 45.4 Å². The molecule has 0 atom stereocenters. The lowest BCUT2D eigenvalue weighted by atomic mass is 9.82. The molecule has 3 nitrogen and oxygen atoms in total. The summed E-state index contributed by atoms with van der Waals surface area (Å²) < 4.78 is 0. The van der Waals surface area contributed by atoms with Crippen molar-refractivity contribution in [3.05, 3.63) is 236 Å². The van der Waals surface area contributed by atoms with Gasteiger partial charge in [0.05, 0.1) is 0 Å². The van der Waals surface area contributed by atoms with E-state index in [1.165, 1.54) is 44.5 Å². The highest BCUT2D eigenvalue weighted by atomic mass is 15.2. The van der Waals surface area contributed by atoms with E-state index in [2.05, 4.69) is 242 Å². The summed E-state index contributed by atoms with van der Waals surface area (Å²) in [5.74, 6) is 0.869. The van der Waals surface area contributed by atoms with Crippen molar-refractivity contribution in [3.63, 3.8) is 0 Å². The number of hydrogen-bond acceptors (Lipinski definition) is 3. The van der Waals surface area contributed by atoms with E-state index in [1.807, 2.05) is 6.20 Å². The van der Waals surface area contributed by atoms with Crippen LogP contribution in [0.1, 0.15) is 25.0 Å². The van der Waals surface area contributed by atoms with Gasteiger partial charge in [-0.05, 0) is 123 Å². The third-order valence-electron chi connectivity index (χ3n) is 11.7. The number of benzene rings is 8. The first-order valence-corrected chi connectivity index (χ1v) is 20.3. The summed E-state index contributed by atoms with van der Waals surface area (Å²) in [6, 6.07) is 78.1. The molecule has 0 spiro atoms. The van der Waals surface area contributed by atoms with Crippen molar-refractivity contribution in [2.75, 3.05) is 9.80 Å². The Hall–Kier alpha value is -7.49. The molecule has 8 aromatic carbocycles. The molecule has 0 bridgehead atoms. The number of fused-ring (bicyclic) bond motifs is 3. The van der Waals surface area contributed by atoms with Gasteiger partial charge in [0.15, 0.2) is 0 Å². The number of rotatable bonds is 9. The Labute approximate surface area is 347 Å². The van der Waals surface area contributed by atoms with Crippen LogP contribution in [0.25, 0.3) is 44.5 Å². The molecule has 1 aliphatic carbocycles. The molecule has 0 amide bonds. The maximum absolute atomic E-state index is 5.11. The van der Waals surface area contributed by atoms with Gasteiger partial charge < -0.3 is 4.90 Å². The van der Waals surface area contributed by atoms with Crippen LogP contribution in [-0.2, 0) is 5.41 Å². The SMILES string of the molecule is CC1(C)c2ccccc2-c2ccc(N(c3ccccc3)c3ccc(-c4ccc(N(c5ccc(-c6ccccc6)cc5)c5ccc(-c6ccccc6)cc5)cc4)cn3)cc21. The molecule has 0 saturated heterocycles. The highest BCUT2D eigenvalue weighted by Crippen LogP contribution is 2.50. The number of hydrogen-bond donors (Lipinski definition) is 0. The zero-order valence-corrected chi connectivity index (χ0v) is 33.2. The van der Waals surface area contributed by atoms with Gasteiger partial charge in [0, 0.05) is 45.6 Å². The lowest BCUT2D eigenvalue weighted by Gasteiger charge is -2.27. The van der Waals surface area contributed by atoms with Gasteiger partial charge in [-0.3, -0.25) is 4.90 Å². The van der Waals surface area contributed by atoms with Crippen molar-refractivity contribution in [2.45, 2.75) is 19.3 Å². The Bertz CT molecular complexity index is 2770. The first-order chi connectivity index (χ1) is 29.0. The van der Waals surface area contributed by atoms with E-state index >= 15 is 0 Å². The summed E-state index contributed by atoms with van der Waals surface area (Å²) in [6.07, 6.45) is 2.00. The van der Waals surface area contributed by atoms with Crippen LogP contribution in [0, 0.1) is 0 Å². The first kappa shape index (κ1) is 35.9. The second-order valence-electron chi connectivity index (χ2n) is 15.7. The summed E-state index contributed by atoms with van der Waals surface area (Å²) in [5.41, 5.74) is 17.6. The molecule has 0 radical (unpaired) electrons. The minimum absolute atomic E-state index is 0.0967. The van der Waals surface area contributed by atoms with Crippen molar-refractivity contribution in [1.82, 2.24) is 4.98 Å². The number of anilines is 6. The molecule has 0 N–H and O–H groups in total. The van der Waals surface area contributed by atoms with Gasteiger partial charge in [0.25, 0.3) is 0 Å². The highest BCUT2D eigenvalue weighted by Gasteiger charge is 2.35. The van der Waals surface area contributed by atoms with Crippen LogP contribution in [0.4, 0.5) is 34.3 Å². The predicted molar refractivity (Wildman–Crippen MR) is 247 cm³/mol. The lowest BCUT2D eigenvalue weighted by molar-refractivity contribution is 0.660. The third-order valence-corrected chi connectivity index (χ3v) is 11.7. The normalized spacial score (nSPS) is 12.4. The Morgan fingerprint density at radius 3 is 1.25 bits per heavy atom. The van der Waals surface area contributed by atoms with Crippen molar-refractivity contribution in [2.24, 2.45) is 0 Å². The zero-order valence-electron chi connectivity index (χ0n) is 33.2. The summed E-state index contributed by atoms with van der Waals surface area (Å²) in [4.78, 5) is 9.69. The molecule has 10 rings (SSSR count). The van der Waals surface area contributed by atoms with E-state index in [4.69, 9.17) is 4.98 Å². The van der Waals surface area contributed by atoms with Gasteiger partial charge in [-0.1, -0.05) is 159 Å². The fourth-order valence-electron chi connectivity index (χ4n) is 8.63. The molecule has 3 heteroatoms. The monoisotopic (exact) mass is 757 g/mol. The zero-order chi connectivity index (χ0) is 39.8. The van der Waals surface area contributed by atoms with E-state index in [0.29, 0.717) is 0 Å². The predicted octanol–water partition coefficient (Wildman–Crippen LogP) is 15.3. The van der Waals surface area contributed by atoms with Crippen molar-refractivity contribution < 1.29 is 0 Å². The molecule has 0 unspecified atom stereocenters. The van der Waals surface area contributed by atoms with Crippen LogP contribution in [-0.4, -0.2) is 4.98 Å². The molecule has 282 valence electrons. The minimum Gasteiger partial charge on any atom is -0.311 e. The number of para-hydroxylation sites is 1. The van der Waals surface area contributed by atoms with Gasteiger partial charge in [-0.15, -0.1) is 0 Å². The maximum atomic E-state index is 5.11. The lowest BCUT2D eigenvalue weighted by Crippen LogP contribution is -2.17. The van der Waals surface area contributed by atoms with Gasteiger partial charge >= 0.3 is 0 Å². The Morgan fingerprint density at radius 1 is 0.322 bits per heavy atom. The largest absolute Gasteiger partial charge is 0.311 e. The van der Waals surface area contributed by atoms with E-state index in [-0.39, 0.29) is 5.41 Å². The fraction of sp³-hybridized carbons (Fsp3) is 0.0536. The average Bonchev–Trinajstić information content (AvgIpc) is 3.53. The Kier molecular flexibility index (Phi) is 9.19. The second kappa shape index (κ2) is 15.1. The molecule has 1 aliphatic rings. The average molecular weight is 758 g/mol. The Balaban J connectivity index is 0.970. The molecular formula is C56H43N3. The molecule has 0 aliphatic heterocycles. The topological polar surface area (TPSA) is 19.4 Å². The summed E-state index contributed by atoms with van der Waals surface area (Å²) >= 11 is 0. The number of aromatic nitrogens is 1. The standard InChI is InChI=1S/C56H43N3/c1-56(2)53-21-13-12-20-51(53)52-36-35-50(38-54(52)56)59(46-18-10-5-11-19-46)55-37-28-45(39-57-55)44-26-33-49(34-27-44)58(47-29-22-42(23-30-47)40-14-6-3-7-15-40)48-31-24-43(25-32-48)41-16-8-4-9-17-41/h3-39H,1-2H3. The van der Waals surface area contributed by atoms with Crippen molar-refractivity contribution in [3.8, 4) is 44.5 Å². The second-order valence-corrected chi connectivity index (χ2v) is 15.7. The number of nitrogens with zero attached hydrogens (tertiary/aromatic N) is 3. The van der Waals surface area contributed by atoms with Gasteiger partial charge in [-0.25, -0.2) is 4.98 Å². The fourth-order valence-corrected chi connectivity index (χ4v) is 8.63. The van der Waals surface area contributed by atoms with Gasteiger partial charge in [-0.2, -0.15) is 0 Å². The van der Waals surface area contributed by atoms with E-state index in [9.17, 15) is 0 Å². The van der Waals surface area contributed by atoms with Crippen LogP contribution < -0.4 is 9.80 Å². The van der Waals surface area contributed by atoms with Gasteiger partial charge in [0.2, 0.25) is 0 Å². The van der Waals surface area contributed by atoms with Crippen LogP contribution in [0.2, 0.25) is 0 Å². The molecule has 0 saturated carbocycles. The maximum Gasteiger partial charge on any atom is 0.137 e. The molecule has 9 aromatic rings. The Morgan fingerprint density at radius 2 is 0.729 bits per heavy atom. The smallest absolute Gasteiger partial charge is 0.137 e. The molecule has 0 fully saturated rings. The van der Waals surface area contributed by atoms with Crippen LogP contribution in [0.15, 0.2) is 225 Å². The van der Waals surface area contributed by atoms with E-state index < -0.39 is 0 Å². The molecule has 1 heterocycles. The summed E-state index contributed by atoms with van der Waals surface area (Å²) in [5, 5.41) is 0. The van der Waals surface area contributed by atoms with Gasteiger partial charge in [0.1, 0.15) is 5.82 Å². The first-order valence-electron chi connectivity index (χ1n) is 20.3. The number of pyridine rings is 1. The third kappa shape index (κ3) is 6.77. The van der Waals surface area contributed by atoms with Crippen molar-refractivity contribution >= 4 is 34.3 Å². The quantitative estimate of drug-likeness (QED) is 0.146. The summed E-state index contributed by atoms with van der Waals surface area (Å²) in [7, 11) is 0. The van der Waals surface area contributed by atoms with Crippen LogP contribution in [0.5, 0.6) is 0 Å². The van der Waals surface area contributed by atoms with Crippen molar-refractivity contribution in [1.29, 1.82) is 0 Å².